The molecule has 0 fully saturated rings. The highest BCUT2D eigenvalue weighted by molar-refractivity contribution is 6.63. The number of hydrogen-bond donors (Lipinski definition) is 1. The molecule has 0 bridgehead atoms. The second-order valence-electron chi connectivity index (χ2n) is 3.81. The molecule has 20 heavy (non-hydrogen) atoms. The highest BCUT2D eigenvalue weighted by atomic mass is 35.5. The van der Waals surface area contributed by atoms with Crippen LogP contribution in [0.15, 0.2) is 30.3 Å². The first-order valence-corrected chi connectivity index (χ1v) is 6.44. The number of halogens is 1. The molecule has 0 aliphatic heterocycles. The molecule has 112 valence electrons. The van der Waals surface area contributed by atoms with Gasteiger partial charge in [-0.05, 0) is 23.6 Å². The lowest BCUT2D eigenvalue weighted by atomic mass is 10.1. The third-order valence-corrected chi connectivity index (χ3v) is 2.22. The maximum atomic E-state index is 11.0. The van der Waals surface area contributed by atoms with Crippen LogP contribution in [0.25, 0.3) is 0 Å². The van der Waals surface area contributed by atoms with E-state index in [1.807, 2.05) is 30.3 Å². The summed E-state index contributed by atoms with van der Waals surface area (Å²) in [5.41, 5.74) is 1.23. The van der Waals surface area contributed by atoms with Crippen molar-refractivity contribution in [1.82, 2.24) is 5.32 Å². The largest absolute Gasteiger partial charge is 0.376 e. The summed E-state index contributed by atoms with van der Waals surface area (Å²) in [6, 6.07) is 10.1. The van der Waals surface area contributed by atoms with Gasteiger partial charge in [0.2, 0.25) is 11.1 Å². The van der Waals surface area contributed by atoms with E-state index in [0.29, 0.717) is 6.54 Å². The van der Waals surface area contributed by atoms with Gasteiger partial charge in [0.15, 0.2) is 0 Å². The van der Waals surface area contributed by atoms with E-state index in [2.05, 4.69) is 10.1 Å². The molecule has 5 nitrogen and oxygen atoms in total. The Bertz CT molecular complexity index is 384. The molecule has 6 heteroatoms. The molecule has 0 aromatic heterocycles. The van der Waals surface area contributed by atoms with E-state index >= 15 is 0 Å². The van der Waals surface area contributed by atoms with E-state index in [9.17, 15) is 9.59 Å². The van der Waals surface area contributed by atoms with Crippen molar-refractivity contribution in [2.75, 3.05) is 34.0 Å². The lowest BCUT2D eigenvalue weighted by Crippen LogP contribution is -2.28. The first-order chi connectivity index (χ1) is 9.60. The van der Waals surface area contributed by atoms with Gasteiger partial charge in [0.1, 0.15) is 13.2 Å². The van der Waals surface area contributed by atoms with Crippen molar-refractivity contribution < 1.29 is 19.1 Å². The van der Waals surface area contributed by atoms with Crippen molar-refractivity contribution in [3.8, 4) is 0 Å². The van der Waals surface area contributed by atoms with Crippen LogP contribution in [0.1, 0.15) is 5.56 Å². The molecule has 0 saturated heterocycles. The van der Waals surface area contributed by atoms with Gasteiger partial charge in [0.25, 0.3) is 0 Å². The summed E-state index contributed by atoms with van der Waals surface area (Å²) in [6.45, 7) is 0.794. The zero-order chi connectivity index (χ0) is 15.2. The molecule has 1 aromatic rings. The Labute approximate surface area is 124 Å². The molecule has 0 unspecified atom stereocenters. The second-order valence-corrected chi connectivity index (χ2v) is 4.23. The molecule has 1 N–H and O–H groups in total. The van der Waals surface area contributed by atoms with Crippen LogP contribution in [0.2, 0.25) is 0 Å². The number of rotatable bonds is 7. The van der Waals surface area contributed by atoms with E-state index in [-0.39, 0.29) is 19.1 Å². The number of nitrogens with one attached hydrogen (secondary N) is 1. The summed E-state index contributed by atoms with van der Waals surface area (Å²) in [7, 11) is 2.93. The smallest absolute Gasteiger partial charge is 0.247 e. The van der Waals surface area contributed by atoms with Gasteiger partial charge in [-0.3, -0.25) is 9.59 Å². The van der Waals surface area contributed by atoms with Crippen molar-refractivity contribution >= 4 is 22.8 Å². The van der Waals surface area contributed by atoms with Crippen LogP contribution >= 0.6 is 11.6 Å². The fraction of sp³-hybridized carbons (Fsp3) is 0.429. The number of hydrogen-bond acceptors (Lipinski definition) is 4. The van der Waals surface area contributed by atoms with Crippen LogP contribution in [0.4, 0.5) is 0 Å². The van der Waals surface area contributed by atoms with E-state index in [1.54, 1.807) is 0 Å². The number of carbonyl (C=O) groups excluding carboxylic acids is 2. The predicted molar refractivity (Wildman–Crippen MR) is 77.8 cm³/mol. The molecular formula is C14H20ClNO4. The van der Waals surface area contributed by atoms with E-state index in [4.69, 9.17) is 16.3 Å². The van der Waals surface area contributed by atoms with Crippen molar-refractivity contribution in [3.63, 3.8) is 0 Å². The maximum absolute atomic E-state index is 11.0. The summed E-state index contributed by atoms with van der Waals surface area (Å²) in [4.78, 5) is 20.7. The first kappa shape index (κ1) is 18.6. The number of benzene rings is 1. The highest BCUT2D eigenvalue weighted by Crippen LogP contribution is 1.97. The summed E-state index contributed by atoms with van der Waals surface area (Å²) >= 11 is 4.81. The first-order valence-electron chi connectivity index (χ1n) is 6.07. The van der Waals surface area contributed by atoms with E-state index in [0.717, 1.165) is 6.42 Å². The molecule has 0 atom stereocenters. The van der Waals surface area contributed by atoms with Crippen LogP contribution in [0, 0.1) is 0 Å². The average molecular weight is 302 g/mol. The van der Waals surface area contributed by atoms with Crippen molar-refractivity contribution in [2.24, 2.45) is 0 Å². The van der Waals surface area contributed by atoms with Gasteiger partial charge in [-0.15, -0.1) is 0 Å². The van der Waals surface area contributed by atoms with Gasteiger partial charge >= 0.3 is 0 Å². The van der Waals surface area contributed by atoms with Crippen molar-refractivity contribution in [1.29, 1.82) is 0 Å². The standard InChI is InChI=1S/C11H15NO2.C3H5ClO2/c1-14-9-11(13)12-8-7-10-5-3-2-4-6-10;1-6-2-3(4)5/h2-6H,7-9H2,1H3,(H,12,13);2H2,1H3. The molecule has 0 radical (unpaired) electrons. The Morgan fingerprint density at radius 1 is 1.10 bits per heavy atom. The van der Waals surface area contributed by atoms with Gasteiger partial charge in [0.05, 0.1) is 0 Å². The molecular weight excluding hydrogens is 282 g/mol. The molecule has 1 aromatic carbocycles. The Kier molecular flexibility index (Phi) is 11.7. The van der Waals surface area contributed by atoms with Crippen molar-refractivity contribution in [2.45, 2.75) is 6.42 Å². The minimum Gasteiger partial charge on any atom is -0.376 e. The molecule has 0 aliphatic rings. The molecule has 0 aliphatic carbocycles. The number of ether oxygens (including phenoxy) is 2. The quantitative estimate of drug-likeness (QED) is 0.773. The molecule has 0 heterocycles. The maximum Gasteiger partial charge on any atom is 0.247 e. The van der Waals surface area contributed by atoms with Crippen molar-refractivity contribution in [3.05, 3.63) is 35.9 Å². The molecule has 0 saturated carbocycles. The molecule has 0 spiro atoms. The molecule has 1 amide bonds. The monoisotopic (exact) mass is 301 g/mol. The van der Waals surface area contributed by atoms with Gasteiger partial charge < -0.3 is 14.8 Å². The number of methoxy groups -OCH3 is 2. The third-order valence-electron chi connectivity index (χ3n) is 2.11. The summed E-state index contributed by atoms with van der Waals surface area (Å²) in [5, 5.41) is 2.31. The summed E-state index contributed by atoms with van der Waals surface area (Å²) in [6.07, 6.45) is 0.857. The van der Waals surface area contributed by atoms with Gasteiger partial charge in [-0.25, -0.2) is 0 Å². The number of carbonyl (C=O) groups is 2. The minimum absolute atomic E-state index is 0.00154. The van der Waals surface area contributed by atoms with Gasteiger partial charge in [-0.2, -0.15) is 0 Å². The lowest BCUT2D eigenvalue weighted by Gasteiger charge is -2.03. The molecule has 1 rings (SSSR count). The Hall–Kier alpha value is -1.43. The van der Waals surface area contributed by atoms with Gasteiger partial charge in [-0.1, -0.05) is 30.3 Å². The zero-order valence-corrected chi connectivity index (χ0v) is 12.5. The van der Waals surface area contributed by atoms with E-state index < -0.39 is 5.24 Å². The minimum atomic E-state index is -0.461. The third kappa shape index (κ3) is 11.6. The van der Waals surface area contributed by atoms with Gasteiger partial charge in [0, 0.05) is 20.8 Å². The Morgan fingerprint density at radius 2 is 1.70 bits per heavy atom. The fourth-order valence-electron chi connectivity index (χ4n) is 1.29. The predicted octanol–water partition coefficient (Wildman–Crippen LogP) is 1.39. The lowest BCUT2D eigenvalue weighted by molar-refractivity contribution is -0.124. The van der Waals surface area contributed by atoms with Crippen LogP contribution in [0.5, 0.6) is 0 Å². The SMILES string of the molecule is COCC(=O)Cl.COCC(=O)NCCc1ccccc1. The van der Waals surface area contributed by atoms with Crippen LogP contribution in [-0.4, -0.2) is 45.1 Å². The topological polar surface area (TPSA) is 64.6 Å². The normalized spacial score (nSPS) is 9.35. The van der Waals surface area contributed by atoms with Crippen LogP contribution < -0.4 is 5.32 Å². The average Bonchev–Trinajstić information content (AvgIpc) is 2.41. The zero-order valence-electron chi connectivity index (χ0n) is 11.7. The Balaban J connectivity index is 0.000000511. The fourth-order valence-corrected chi connectivity index (χ4v) is 1.40. The van der Waals surface area contributed by atoms with Crippen LogP contribution in [-0.2, 0) is 25.5 Å². The summed E-state index contributed by atoms with van der Waals surface area (Å²) in [5.74, 6) is -0.0663. The highest BCUT2D eigenvalue weighted by Gasteiger charge is 1.98. The van der Waals surface area contributed by atoms with Crippen LogP contribution in [0.3, 0.4) is 0 Å². The summed E-state index contributed by atoms with van der Waals surface area (Å²) < 4.78 is 9.02. The van der Waals surface area contributed by atoms with E-state index in [1.165, 1.54) is 19.8 Å². The Morgan fingerprint density at radius 3 is 2.15 bits per heavy atom. The second kappa shape index (κ2) is 12.6. The number of amides is 1.